The fraction of sp³-hybridized carbons (Fsp3) is 0.172. The molecule has 0 unspecified atom stereocenters. The third kappa shape index (κ3) is 5.36. The zero-order chi connectivity index (χ0) is 27.8. The van der Waals surface area contributed by atoms with E-state index in [0.717, 1.165) is 40.2 Å². The van der Waals surface area contributed by atoms with Crippen molar-refractivity contribution in [1.29, 1.82) is 0 Å². The molecule has 5 aromatic rings. The number of nitrogens with one attached hydrogen (secondary N) is 1. The molecule has 5 rings (SSSR count). The third-order valence-corrected chi connectivity index (χ3v) is 10.1. The van der Waals surface area contributed by atoms with Crippen molar-refractivity contribution in [3.8, 4) is 11.1 Å². The van der Waals surface area contributed by atoms with E-state index in [1.54, 1.807) is 24.3 Å². The summed E-state index contributed by atoms with van der Waals surface area (Å²) in [4.78, 5) is 9.28. The Kier molecular flexibility index (Phi) is 7.11. The molecule has 1 N–H and O–H groups in total. The molecule has 3 aromatic carbocycles. The normalized spacial score (nSPS) is 12.2. The van der Waals surface area contributed by atoms with E-state index in [1.807, 2.05) is 48.3 Å². The quantitative estimate of drug-likeness (QED) is 0.286. The number of aromatic nitrogens is 3. The van der Waals surface area contributed by atoms with Crippen molar-refractivity contribution in [2.75, 3.05) is 0 Å². The highest BCUT2D eigenvalue weighted by Crippen LogP contribution is 2.29. The fourth-order valence-electron chi connectivity index (χ4n) is 4.63. The average Bonchev–Trinajstić information content (AvgIpc) is 3.26. The second kappa shape index (κ2) is 10.4. The van der Waals surface area contributed by atoms with Gasteiger partial charge in [-0.25, -0.2) is 26.8 Å². The van der Waals surface area contributed by atoms with Crippen LogP contribution in [0.4, 0.5) is 0 Å². The van der Waals surface area contributed by atoms with E-state index in [0.29, 0.717) is 17.7 Å². The van der Waals surface area contributed by atoms with Gasteiger partial charge >= 0.3 is 0 Å². The van der Waals surface area contributed by atoms with Crippen LogP contribution in [-0.4, -0.2) is 31.4 Å². The number of rotatable bonds is 8. The smallest absolute Gasteiger partial charge is 0.254 e. The fourth-order valence-corrected chi connectivity index (χ4v) is 7.78. The summed E-state index contributed by atoms with van der Waals surface area (Å²) in [5.74, 6) is 0.942. The van der Waals surface area contributed by atoms with Crippen molar-refractivity contribution in [2.45, 2.75) is 43.5 Å². The lowest BCUT2D eigenvalue weighted by atomic mass is 10.0. The molecule has 0 aliphatic rings. The van der Waals surface area contributed by atoms with Crippen LogP contribution in [0.1, 0.15) is 29.6 Å². The first-order valence-electron chi connectivity index (χ1n) is 12.4. The first-order chi connectivity index (χ1) is 18.6. The minimum absolute atomic E-state index is 0.124. The van der Waals surface area contributed by atoms with Gasteiger partial charge in [0.2, 0.25) is 0 Å². The van der Waals surface area contributed by atoms with Crippen LogP contribution in [0.15, 0.2) is 94.7 Å². The number of imidazole rings is 1. The topological polar surface area (TPSA) is 111 Å². The maximum Gasteiger partial charge on any atom is 0.254 e. The highest BCUT2D eigenvalue weighted by Gasteiger charge is 2.27. The van der Waals surface area contributed by atoms with Gasteiger partial charge in [-0.2, -0.15) is 0 Å². The van der Waals surface area contributed by atoms with Crippen LogP contribution >= 0.6 is 0 Å². The van der Waals surface area contributed by atoms with Gasteiger partial charge in [-0.05, 0) is 54.8 Å². The zero-order valence-electron chi connectivity index (χ0n) is 21.8. The molecule has 0 saturated heterocycles. The SMILES string of the molecule is CCc1nc2c(C)cc(C)nc2n1Cc1ccc(-c2ccccc2S(=O)(=O)NS(=O)(=O)c2ccccc2)cc1. The van der Waals surface area contributed by atoms with E-state index in [1.165, 1.54) is 30.3 Å². The Balaban J connectivity index is 1.47. The van der Waals surface area contributed by atoms with Crippen LogP contribution in [-0.2, 0) is 33.0 Å². The molecule has 0 saturated carbocycles. The van der Waals surface area contributed by atoms with E-state index in [2.05, 4.69) is 11.5 Å². The summed E-state index contributed by atoms with van der Waals surface area (Å²) >= 11 is 0. The van der Waals surface area contributed by atoms with Gasteiger partial charge in [0.1, 0.15) is 11.3 Å². The Morgan fingerprint density at radius 3 is 2.15 bits per heavy atom. The van der Waals surface area contributed by atoms with E-state index in [-0.39, 0.29) is 9.79 Å². The molecule has 2 aromatic heterocycles. The van der Waals surface area contributed by atoms with Gasteiger partial charge in [0.15, 0.2) is 5.65 Å². The van der Waals surface area contributed by atoms with Gasteiger partial charge in [-0.1, -0.05) is 67.6 Å². The number of hydrogen-bond acceptors (Lipinski definition) is 6. The Morgan fingerprint density at radius 2 is 1.46 bits per heavy atom. The monoisotopic (exact) mass is 560 g/mol. The number of benzene rings is 3. The molecular weight excluding hydrogens is 532 g/mol. The zero-order valence-corrected chi connectivity index (χ0v) is 23.4. The molecule has 8 nitrogen and oxygen atoms in total. The molecule has 0 bridgehead atoms. The number of nitrogens with zero attached hydrogens (tertiary/aromatic N) is 3. The van der Waals surface area contributed by atoms with Crippen LogP contribution in [0.2, 0.25) is 0 Å². The number of pyridine rings is 1. The lowest BCUT2D eigenvalue weighted by Crippen LogP contribution is -2.31. The van der Waals surface area contributed by atoms with Crippen LogP contribution in [0, 0.1) is 13.8 Å². The Bertz CT molecular complexity index is 1880. The van der Waals surface area contributed by atoms with E-state index in [9.17, 15) is 16.8 Å². The van der Waals surface area contributed by atoms with Gasteiger partial charge in [-0.15, -0.1) is 4.13 Å². The summed E-state index contributed by atoms with van der Waals surface area (Å²) in [6.07, 6.45) is 0.761. The first-order valence-corrected chi connectivity index (χ1v) is 15.4. The largest absolute Gasteiger partial charge is 0.308 e. The molecule has 10 heteroatoms. The van der Waals surface area contributed by atoms with Crippen LogP contribution in [0.3, 0.4) is 0 Å². The highest BCUT2D eigenvalue weighted by molar-refractivity contribution is 8.04. The highest BCUT2D eigenvalue weighted by atomic mass is 32.3. The average molecular weight is 561 g/mol. The van der Waals surface area contributed by atoms with Gasteiger partial charge in [-0.3, -0.25) is 0 Å². The minimum atomic E-state index is -4.40. The molecule has 0 amide bonds. The van der Waals surface area contributed by atoms with Crippen molar-refractivity contribution in [3.63, 3.8) is 0 Å². The molecule has 0 fully saturated rings. The third-order valence-electron chi connectivity index (χ3n) is 6.47. The Hall–Kier alpha value is -3.86. The molecule has 2 heterocycles. The molecular formula is C29H28N4O4S2. The van der Waals surface area contributed by atoms with Crippen molar-refractivity contribution in [3.05, 3.63) is 108 Å². The van der Waals surface area contributed by atoms with E-state index >= 15 is 0 Å². The number of hydrogen-bond donors (Lipinski definition) is 1. The number of fused-ring (bicyclic) bond motifs is 1. The van der Waals surface area contributed by atoms with Gasteiger partial charge in [0, 0.05) is 17.7 Å². The summed E-state index contributed by atoms with van der Waals surface area (Å²) in [6, 6.07) is 23.3. The van der Waals surface area contributed by atoms with Crippen molar-refractivity contribution in [2.24, 2.45) is 0 Å². The van der Waals surface area contributed by atoms with Crippen LogP contribution < -0.4 is 4.13 Å². The van der Waals surface area contributed by atoms with Crippen LogP contribution in [0.5, 0.6) is 0 Å². The van der Waals surface area contributed by atoms with E-state index < -0.39 is 20.0 Å². The molecule has 0 spiro atoms. The molecule has 200 valence electrons. The lowest BCUT2D eigenvalue weighted by Gasteiger charge is -2.13. The predicted octanol–water partition coefficient (Wildman–Crippen LogP) is 4.99. The minimum Gasteiger partial charge on any atom is -0.308 e. The van der Waals surface area contributed by atoms with Crippen molar-refractivity contribution in [1.82, 2.24) is 18.7 Å². The summed E-state index contributed by atoms with van der Waals surface area (Å²) in [5.41, 5.74) is 5.80. The lowest BCUT2D eigenvalue weighted by molar-refractivity contribution is 0.577. The Morgan fingerprint density at radius 1 is 0.795 bits per heavy atom. The summed E-state index contributed by atoms with van der Waals surface area (Å²) in [7, 11) is -8.68. The van der Waals surface area contributed by atoms with Gasteiger partial charge in [0.25, 0.3) is 20.0 Å². The number of sulfonamides is 2. The van der Waals surface area contributed by atoms with Crippen molar-refractivity contribution < 1.29 is 16.8 Å². The second-order valence-corrected chi connectivity index (χ2v) is 12.9. The summed E-state index contributed by atoms with van der Waals surface area (Å²) in [6.45, 7) is 6.63. The maximum absolute atomic E-state index is 13.2. The second-order valence-electron chi connectivity index (χ2n) is 9.32. The first kappa shape index (κ1) is 26.7. The molecule has 39 heavy (non-hydrogen) atoms. The van der Waals surface area contributed by atoms with Crippen molar-refractivity contribution >= 4 is 31.2 Å². The number of aryl methyl sites for hydroxylation is 3. The standard InChI is InChI=1S/C29H28N4O4S2/c1-4-27-31-28-20(2)18-21(3)30-29(28)33(27)19-22-14-16-23(17-15-22)25-12-8-9-13-26(25)39(36,37)32-38(34,35)24-10-6-5-7-11-24/h5-18,32H,4,19H2,1-3H3. The molecule has 0 aliphatic carbocycles. The summed E-state index contributed by atoms with van der Waals surface area (Å²) < 4.78 is 56.0. The maximum atomic E-state index is 13.2. The summed E-state index contributed by atoms with van der Waals surface area (Å²) in [5, 5.41) is 0. The van der Waals surface area contributed by atoms with Gasteiger partial charge < -0.3 is 4.57 Å². The predicted molar refractivity (Wildman–Crippen MR) is 151 cm³/mol. The van der Waals surface area contributed by atoms with Gasteiger partial charge in [0.05, 0.1) is 16.3 Å². The molecule has 0 atom stereocenters. The Labute approximate surface area is 228 Å². The van der Waals surface area contributed by atoms with E-state index in [4.69, 9.17) is 9.97 Å². The molecule has 0 aliphatic heterocycles. The van der Waals surface area contributed by atoms with Crippen LogP contribution in [0.25, 0.3) is 22.3 Å². The molecule has 0 radical (unpaired) electrons.